The Morgan fingerprint density at radius 2 is 2.11 bits per heavy atom. The molecular weight excluding hydrogens is 269 g/mol. The number of esters is 1. The van der Waals surface area contributed by atoms with Crippen molar-refractivity contribution in [2.45, 2.75) is 16.9 Å². The third kappa shape index (κ3) is 2.63. The molecule has 0 bridgehead atoms. The Hall–Kier alpha value is -1.82. The molecule has 19 heavy (non-hydrogen) atoms. The van der Waals surface area contributed by atoms with Gasteiger partial charge in [0.2, 0.25) is 0 Å². The molecule has 1 aromatic heterocycles. The van der Waals surface area contributed by atoms with E-state index in [2.05, 4.69) is 4.98 Å². The number of aromatic nitrogens is 1. The largest absolute Gasteiger partial charge is 0.465 e. The molecule has 2 aromatic rings. The summed E-state index contributed by atoms with van der Waals surface area (Å²) in [4.78, 5) is 15.4. The van der Waals surface area contributed by atoms with Crippen molar-refractivity contribution in [3.63, 3.8) is 0 Å². The van der Waals surface area contributed by atoms with Crippen molar-refractivity contribution in [1.29, 1.82) is 0 Å². The fourth-order valence-corrected chi connectivity index (χ4v) is 2.64. The van der Waals surface area contributed by atoms with Crippen LogP contribution in [0.25, 0.3) is 11.3 Å². The molecule has 1 aliphatic rings. The third-order valence-electron chi connectivity index (χ3n) is 2.74. The fraction of sp³-hybridized carbons (Fsp3) is 0.231. The highest BCUT2D eigenvalue weighted by Crippen LogP contribution is 2.31. The number of ether oxygens (including phenoxy) is 1. The van der Waals surface area contributed by atoms with Crippen LogP contribution in [-0.4, -0.2) is 22.8 Å². The zero-order valence-electron chi connectivity index (χ0n) is 9.84. The van der Waals surface area contributed by atoms with E-state index < -0.39 is 0 Å². The first-order chi connectivity index (χ1) is 9.22. The van der Waals surface area contributed by atoms with Gasteiger partial charge in [-0.1, -0.05) is 11.8 Å². The van der Waals surface area contributed by atoms with Gasteiger partial charge < -0.3 is 9.15 Å². The van der Waals surface area contributed by atoms with E-state index >= 15 is 0 Å². The zero-order chi connectivity index (χ0) is 13.2. The van der Waals surface area contributed by atoms with E-state index in [9.17, 15) is 9.18 Å². The molecule has 1 aliphatic heterocycles. The van der Waals surface area contributed by atoms with Gasteiger partial charge in [0.1, 0.15) is 11.1 Å². The number of benzene rings is 1. The summed E-state index contributed by atoms with van der Waals surface area (Å²) in [6.07, 6.45) is 2.23. The van der Waals surface area contributed by atoms with E-state index in [1.807, 2.05) is 0 Å². The van der Waals surface area contributed by atoms with Gasteiger partial charge in [0, 0.05) is 12.0 Å². The lowest BCUT2D eigenvalue weighted by Gasteiger charge is -2.00. The maximum atomic E-state index is 12.8. The highest BCUT2D eigenvalue weighted by atomic mass is 32.2. The number of oxazole rings is 1. The number of rotatable bonds is 3. The molecule has 98 valence electrons. The SMILES string of the molecule is O=C1OCC[C@@H]1Sc1ncc(-c2ccc(F)cc2)o1. The molecule has 0 saturated carbocycles. The molecule has 1 aromatic carbocycles. The molecule has 0 aliphatic carbocycles. The van der Waals surface area contributed by atoms with Crippen LogP contribution in [-0.2, 0) is 9.53 Å². The molecule has 1 fully saturated rings. The first-order valence-corrected chi connectivity index (χ1v) is 6.65. The lowest BCUT2D eigenvalue weighted by atomic mass is 10.2. The molecule has 6 heteroatoms. The lowest BCUT2D eigenvalue weighted by Crippen LogP contribution is -2.09. The Balaban J connectivity index is 1.75. The zero-order valence-corrected chi connectivity index (χ0v) is 10.7. The van der Waals surface area contributed by atoms with Crippen LogP contribution < -0.4 is 0 Å². The number of thioether (sulfide) groups is 1. The Morgan fingerprint density at radius 1 is 1.32 bits per heavy atom. The quantitative estimate of drug-likeness (QED) is 0.809. The molecule has 3 rings (SSSR count). The number of cyclic esters (lactones) is 1. The van der Waals surface area contributed by atoms with Crippen molar-refractivity contribution >= 4 is 17.7 Å². The molecule has 0 radical (unpaired) electrons. The molecule has 0 amide bonds. The summed E-state index contributed by atoms with van der Waals surface area (Å²) < 4.78 is 23.2. The number of carbonyl (C=O) groups excluding carboxylic acids is 1. The van der Waals surface area contributed by atoms with Crippen molar-refractivity contribution in [3.8, 4) is 11.3 Å². The van der Waals surface area contributed by atoms with E-state index in [1.165, 1.54) is 23.9 Å². The average molecular weight is 279 g/mol. The van der Waals surface area contributed by atoms with E-state index in [-0.39, 0.29) is 17.0 Å². The number of nitrogens with zero attached hydrogens (tertiary/aromatic N) is 1. The minimum atomic E-state index is -0.299. The van der Waals surface area contributed by atoms with E-state index in [0.29, 0.717) is 24.0 Å². The summed E-state index contributed by atoms with van der Waals surface area (Å²) in [6.45, 7) is 0.446. The predicted octanol–water partition coefficient (Wildman–Crippen LogP) is 2.89. The topological polar surface area (TPSA) is 52.3 Å². The highest BCUT2D eigenvalue weighted by Gasteiger charge is 2.29. The summed E-state index contributed by atoms with van der Waals surface area (Å²) in [7, 11) is 0. The van der Waals surface area contributed by atoms with Crippen molar-refractivity contribution in [1.82, 2.24) is 4.98 Å². The van der Waals surface area contributed by atoms with Crippen molar-refractivity contribution in [2.75, 3.05) is 6.61 Å². The number of hydrogen-bond donors (Lipinski definition) is 0. The Kier molecular flexibility index (Phi) is 3.25. The van der Waals surface area contributed by atoms with Crippen LogP contribution >= 0.6 is 11.8 Å². The van der Waals surface area contributed by atoms with Gasteiger partial charge in [-0.15, -0.1) is 0 Å². The standard InChI is InChI=1S/C13H10FNO3S/c14-9-3-1-8(2-4-9)10-7-15-13(18-10)19-11-5-6-17-12(11)16/h1-4,7,11H,5-6H2/t11-/m0/s1. The number of halogens is 1. The van der Waals surface area contributed by atoms with Gasteiger partial charge in [0.15, 0.2) is 5.76 Å². The van der Waals surface area contributed by atoms with Gasteiger partial charge in [-0.3, -0.25) is 4.79 Å². The maximum Gasteiger partial charge on any atom is 0.319 e. The van der Waals surface area contributed by atoms with Gasteiger partial charge in [0.25, 0.3) is 5.22 Å². The van der Waals surface area contributed by atoms with Crippen molar-refractivity contribution < 1.29 is 18.3 Å². The van der Waals surface area contributed by atoms with E-state index in [4.69, 9.17) is 9.15 Å². The summed E-state index contributed by atoms with van der Waals surface area (Å²) in [5.74, 6) is 0.0203. The second-order valence-corrected chi connectivity index (χ2v) is 5.21. The van der Waals surface area contributed by atoms with Gasteiger partial charge in [-0.25, -0.2) is 9.37 Å². The maximum absolute atomic E-state index is 12.8. The minimum Gasteiger partial charge on any atom is -0.465 e. The monoisotopic (exact) mass is 279 g/mol. The molecule has 1 atom stereocenters. The van der Waals surface area contributed by atoms with Crippen LogP contribution in [0.15, 0.2) is 40.1 Å². The molecule has 2 heterocycles. The van der Waals surface area contributed by atoms with Crippen LogP contribution in [0.3, 0.4) is 0 Å². The van der Waals surface area contributed by atoms with Crippen LogP contribution in [0, 0.1) is 5.82 Å². The van der Waals surface area contributed by atoms with Gasteiger partial charge >= 0.3 is 5.97 Å². The smallest absolute Gasteiger partial charge is 0.319 e. The van der Waals surface area contributed by atoms with E-state index in [1.54, 1.807) is 18.3 Å². The first kappa shape index (κ1) is 12.2. The van der Waals surface area contributed by atoms with Crippen LogP contribution in [0.5, 0.6) is 0 Å². The molecule has 0 N–H and O–H groups in total. The fourth-order valence-electron chi connectivity index (χ4n) is 1.77. The second-order valence-electron chi connectivity index (χ2n) is 4.06. The van der Waals surface area contributed by atoms with Gasteiger partial charge in [-0.05, 0) is 24.3 Å². The minimum absolute atomic E-state index is 0.230. The Morgan fingerprint density at radius 3 is 2.79 bits per heavy atom. The third-order valence-corrected chi connectivity index (χ3v) is 3.85. The summed E-state index contributed by atoms with van der Waals surface area (Å²) in [6, 6.07) is 5.96. The second kappa shape index (κ2) is 5.05. The summed E-state index contributed by atoms with van der Waals surface area (Å²) in [5.41, 5.74) is 0.745. The van der Waals surface area contributed by atoms with Crippen molar-refractivity contribution in [3.05, 3.63) is 36.3 Å². The van der Waals surface area contributed by atoms with Gasteiger partial charge in [-0.2, -0.15) is 0 Å². The summed E-state index contributed by atoms with van der Waals surface area (Å²) >= 11 is 1.25. The molecule has 0 spiro atoms. The molecule has 4 nitrogen and oxygen atoms in total. The van der Waals surface area contributed by atoms with Crippen LogP contribution in [0.4, 0.5) is 4.39 Å². The van der Waals surface area contributed by atoms with Gasteiger partial charge in [0.05, 0.1) is 12.8 Å². The van der Waals surface area contributed by atoms with Crippen LogP contribution in [0.2, 0.25) is 0 Å². The highest BCUT2D eigenvalue weighted by molar-refractivity contribution is 8.00. The normalized spacial score (nSPS) is 18.6. The first-order valence-electron chi connectivity index (χ1n) is 5.77. The summed E-state index contributed by atoms with van der Waals surface area (Å²) in [5, 5.41) is 0.169. The van der Waals surface area contributed by atoms with Crippen LogP contribution in [0.1, 0.15) is 6.42 Å². The van der Waals surface area contributed by atoms with Crippen molar-refractivity contribution in [2.24, 2.45) is 0 Å². The number of carbonyl (C=O) groups is 1. The molecular formula is C13H10FNO3S. The molecule has 0 unspecified atom stereocenters. The predicted molar refractivity (Wildman–Crippen MR) is 67.1 cm³/mol. The van der Waals surface area contributed by atoms with E-state index in [0.717, 1.165) is 5.56 Å². The Labute approximate surface area is 113 Å². The Bertz CT molecular complexity index is 596. The lowest BCUT2D eigenvalue weighted by molar-refractivity contribution is -0.137. The number of hydrogen-bond acceptors (Lipinski definition) is 5. The molecule has 1 saturated heterocycles. The average Bonchev–Trinajstić information content (AvgIpc) is 3.01.